The molecule has 0 radical (unpaired) electrons. The predicted octanol–water partition coefficient (Wildman–Crippen LogP) is 6.61. The molecule has 0 saturated heterocycles. The first-order chi connectivity index (χ1) is 21.0. The van der Waals surface area contributed by atoms with E-state index in [4.69, 9.17) is 9.47 Å². The highest BCUT2D eigenvalue weighted by Gasteiger charge is 2.35. The zero-order valence-corrected chi connectivity index (χ0v) is 24.5. The van der Waals surface area contributed by atoms with E-state index in [2.05, 4.69) is 16.4 Å². The number of methoxy groups -OCH3 is 2. The highest BCUT2D eigenvalue weighted by atomic mass is 16.5. The fourth-order valence-electron chi connectivity index (χ4n) is 5.61. The number of carbonyl (C=O) groups excluding carboxylic acids is 2. The van der Waals surface area contributed by atoms with Crippen molar-refractivity contribution in [3.63, 3.8) is 0 Å². The van der Waals surface area contributed by atoms with Crippen molar-refractivity contribution < 1.29 is 19.1 Å². The van der Waals surface area contributed by atoms with E-state index < -0.39 is 0 Å². The van der Waals surface area contributed by atoms with Crippen LogP contribution in [0.25, 0.3) is 21.7 Å². The SMILES string of the molecule is COc1ccc(CN(CCc2c[nH]c3ccccc23)C(=O)CN(C(=O)Nc2cccc3ccccc23)C2CC2)cc1OC. The molecule has 1 aliphatic carbocycles. The fraction of sp³-hybridized carbons (Fsp3) is 0.257. The predicted molar refractivity (Wildman–Crippen MR) is 170 cm³/mol. The van der Waals surface area contributed by atoms with Crippen LogP contribution in [-0.2, 0) is 17.8 Å². The number of hydrogen-bond acceptors (Lipinski definition) is 4. The number of urea groups is 1. The minimum absolute atomic E-state index is 0.00242. The Bertz CT molecular complexity index is 1750. The van der Waals surface area contributed by atoms with Crippen LogP contribution >= 0.6 is 0 Å². The van der Waals surface area contributed by atoms with Crippen LogP contribution in [0.2, 0.25) is 0 Å². The Morgan fingerprint density at radius 3 is 2.42 bits per heavy atom. The van der Waals surface area contributed by atoms with E-state index in [0.29, 0.717) is 31.0 Å². The number of H-pyrrole nitrogens is 1. The van der Waals surface area contributed by atoms with Crippen molar-refractivity contribution >= 4 is 39.3 Å². The molecule has 0 atom stereocenters. The Hall–Kier alpha value is -4.98. The molecule has 2 N–H and O–H groups in total. The van der Waals surface area contributed by atoms with Gasteiger partial charge in [-0.05, 0) is 60.0 Å². The number of carbonyl (C=O) groups is 2. The van der Waals surface area contributed by atoms with Crippen LogP contribution in [-0.4, -0.2) is 60.1 Å². The lowest BCUT2D eigenvalue weighted by molar-refractivity contribution is -0.132. The van der Waals surface area contributed by atoms with E-state index in [-0.39, 0.29) is 24.5 Å². The maximum atomic E-state index is 14.0. The van der Waals surface area contributed by atoms with Gasteiger partial charge in [0.05, 0.1) is 19.9 Å². The maximum absolute atomic E-state index is 14.0. The Kier molecular flexibility index (Phi) is 8.18. The highest BCUT2D eigenvalue weighted by molar-refractivity contribution is 6.02. The number of benzene rings is 4. The van der Waals surface area contributed by atoms with E-state index in [1.54, 1.807) is 19.1 Å². The standard InChI is InChI=1S/C35H36N4O4/c1-42-32-17-14-24(20-33(32)43-2)22-38(19-18-26-21-36-30-12-6-5-11-29(26)30)34(40)23-39(27-15-16-27)35(41)37-31-13-7-9-25-8-3-4-10-28(25)31/h3-14,17,20-21,27,36H,15-16,18-19,22-23H2,1-2H3,(H,37,41). The van der Waals surface area contributed by atoms with Gasteiger partial charge in [-0.25, -0.2) is 4.79 Å². The number of para-hydroxylation sites is 1. The summed E-state index contributed by atoms with van der Waals surface area (Å²) in [6.45, 7) is 0.881. The average molecular weight is 577 g/mol. The van der Waals surface area contributed by atoms with Crippen molar-refractivity contribution in [3.8, 4) is 11.5 Å². The van der Waals surface area contributed by atoms with Crippen LogP contribution in [0.3, 0.4) is 0 Å². The smallest absolute Gasteiger partial charge is 0.322 e. The number of nitrogens with zero attached hydrogens (tertiary/aromatic N) is 2. The van der Waals surface area contributed by atoms with Gasteiger partial charge >= 0.3 is 6.03 Å². The minimum Gasteiger partial charge on any atom is -0.493 e. The molecule has 8 heteroatoms. The normalized spacial score (nSPS) is 12.7. The molecular formula is C35H36N4O4. The van der Waals surface area contributed by atoms with E-state index in [1.807, 2.05) is 90.0 Å². The summed E-state index contributed by atoms with van der Waals surface area (Å²) in [5.74, 6) is 1.14. The van der Waals surface area contributed by atoms with Crippen LogP contribution in [0.1, 0.15) is 24.0 Å². The second-order valence-electron chi connectivity index (χ2n) is 10.9. The van der Waals surface area contributed by atoms with Gasteiger partial charge in [-0.15, -0.1) is 0 Å². The molecule has 1 aromatic heterocycles. The van der Waals surface area contributed by atoms with Gasteiger partial charge in [-0.2, -0.15) is 0 Å². The van der Waals surface area contributed by atoms with Gasteiger partial charge in [0.1, 0.15) is 6.54 Å². The minimum atomic E-state index is -0.255. The molecule has 1 heterocycles. The molecule has 8 nitrogen and oxygen atoms in total. The molecule has 0 unspecified atom stereocenters. The molecule has 1 saturated carbocycles. The summed E-state index contributed by atoms with van der Waals surface area (Å²) in [6, 6.07) is 27.5. The number of amides is 3. The lowest BCUT2D eigenvalue weighted by Crippen LogP contribution is -2.45. The number of aromatic nitrogens is 1. The van der Waals surface area contributed by atoms with E-state index >= 15 is 0 Å². The number of hydrogen-bond donors (Lipinski definition) is 2. The number of ether oxygens (including phenoxy) is 2. The van der Waals surface area contributed by atoms with Gasteiger partial charge in [0.25, 0.3) is 0 Å². The monoisotopic (exact) mass is 576 g/mol. The summed E-state index contributed by atoms with van der Waals surface area (Å²) >= 11 is 0. The number of nitrogens with one attached hydrogen (secondary N) is 2. The number of fused-ring (bicyclic) bond motifs is 2. The molecule has 0 bridgehead atoms. The first-order valence-corrected chi connectivity index (χ1v) is 14.6. The largest absolute Gasteiger partial charge is 0.493 e. The third-order valence-electron chi connectivity index (χ3n) is 8.09. The first kappa shape index (κ1) is 28.2. The van der Waals surface area contributed by atoms with Crippen LogP contribution < -0.4 is 14.8 Å². The summed E-state index contributed by atoms with van der Waals surface area (Å²) in [5.41, 5.74) is 3.87. The van der Waals surface area contributed by atoms with Crippen LogP contribution in [0.4, 0.5) is 10.5 Å². The summed E-state index contributed by atoms with van der Waals surface area (Å²) in [6.07, 6.45) is 4.47. The molecule has 5 aromatic rings. The van der Waals surface area contributed by atoms with Gasteiger partial charge in [-0.3, -0.25) is 4.79 Å². The lowest BCUT2D eigenvalue weighted by atomic mass is 10.1. The van der Waals surface area contributed by atoms with Crippen molar-refractivity contribution in [1.29, 1.82) is 0 Å². The highest BCUT2D eigenvalue weighted by Crippen LogP contribution is 2.31. The van der Waals surface area contributed by atoms with Gasteiger partial charge in [0.15, 0.2) is 11.5 Å². The quantitative estimate of drug-likeness (QED) is 0.185. The molecule has 0 aliphatic heterocycles. The number of aromatic amines is 1. The topological polar surface area (TPSA) is 86.9 Å². The van der Waals surface area contributed by atoms with Crippen molar-refractivity contribution in [2.24, 2.45) is 0 Å². The number of rotatable bonds is 11. The molecule has 43 heavy (non-hydrogen) atoms. The Morgan fingerprint density at radius 2 is 1.63 bits per heavy atom. The summed E-state index contributed by atoms with van der Waals surface area (Å²) < 4.78 is 10.9. The van der Waals surface area contributed by atoms with Gasteiger partial charge in [0.2, 0.25) is 5.91 Å². The van der Waals surface area contributed by atoms with E-state index in [9.17, 15) is 9.59 Å². The number of anilines is 1. The van der Waals surface area contributed by atoms with Crippen molar-refractivity contribution in [1.82, 2.24) is 14.8 Å². The van der Waals surface area contributed by atoms with Crippen LogP contribution in [0, 0.1) is 0 Å². The molecule has 4 aromatic carbocycles. The molecule has 3 amide bonds. The molecule has 0 spiro atoms. The average Bonchev–Trinajstić information content (AvgIpc) is 3.80. The molecule has 220 valence electrons. The van der Waals surface area contributed by atoms with Gasteiger partial charge < -0.3 is 29.6 Å². The van der Waals surface area contributed by atoms with Gasteiger partial charge in [0, 0.05) is 41.6 Å². The molecule has 1 fully saturated rings. The van der Waals surface area contributed by atoms with E-state index in [1.165, 1.54) is 0 Å². The third-order valence-corrected chi connectivity index (χ3v) is 8.09. The Labute approximate surface area is 251 Å². The second-order valence-corrected chi connectivity index (χ2v) is 10.9. The van der Waals surface area contributed by atoms with Crippen molar-refractivity contribution in [2.75, 3.05) is 32.6 Å². The zero-order chi connectivity index (χ0) is 29.8. The maximum Gasteiger partial charge on any atom is 0.322 e. The fourth-order valence-corrected chi connectivity index (χ4v) is 5.61. The molecule has 1 aliphatic rings. The summed E-state index contributed by atoms with van der Waals surface area (Å²) in [4.78, 5) is 34.5. The van der Waals surface area contributed by atoms with Crippen molar-refractivity contribution in [2.45, 2.75) is 31.8 Å². The summed E-state index contributed by atoms with van der Waals surface area (Å²) in [5, 5.41) is 6.25. The lowest BCUT2D eigenvalue weighted by Gasteiger charge is -2.28. The molecule has 6 rings (SSSR count). The van der Waals surface area contributed by atoms with Crippen molar-refractivity contribution in [3.05, 3.63) is 102 Å². The second kappa shape index (κ2) is 12.5. The molecular weight excluding hydrogens is 540 g/mol. The van der Waals surface area contributed by atoms with Gasteiger partial charge in [-0.1, -0.05) is 60.7 Å². The Balaban J connectivity index is 1.23. The Morgan fingerprint density at radius 1 is 0.884 bits per heavy atom. The van der Waals surface area contributed by atoms with Crippen LogP contribution in [0.15, 0.2) is 91.1 Å². The van der Waals surface area contributed by atoms with E-state index in [0.717, 1.165) is 51.3 Å². The first-order valence-electron chi connectivity index (χ1n) is 14.6. The zero-order valence-electron chi connectivity index (χ0n) is 24.5. The van der Waals surface area contributed by atoms with Crippen LogP contribution in [0.5, 0.6) is 11.5 Å². The summed E-state index contributed by atoms with van der Waals surface area (Å²) in [7, 11) is 3.20. The third kappa shape index (κ3) is 6.28.